The summed E-state index contributed by atoms with van der Waals surface area (Å²) in [7, 11) is 0. The van der Waals surface area contributed by atoms with E-state index in [9.17, 15) is 13.6 Å². The van der Waals surface area contributed by atoms with Gasteiger partial charge in [-0.3, -0.25) is 9.89 Å². The van der Waals surface area contributed by atoms with Crippen LogP contribution in [0.1, 0.15) is 10.4 Å². The van der Waals surface area contributed by atoms with Crippen LogP contribution in [0, 0.1) is 11.6 Å². The van der Waals surface area contributed by atoms with Crippen LogP contribution in [-0.4, -0.2) is 16.1 Å². The fourth-order valence-corrected chi connectivity index (χ4v) is 2.02. The molecule has 0 aliphatic heterocycles. The molecule has 0 aliphatic carbocycles. The molecule has 3 aromatic rings. The molecule has 110 valence electrons. The van der Waals surface area contributed by atoms with Gasteiger partial charge in [0, 0.05) is 18.0 Å². The molecule has 6 heteroatoms. The molecule has 0 radical (unpaired) electrons. The van der Waals surface area contributed by atoms with E-state index in [0.717, 1.165) is 23.4 Å². The molecule has 1 amide bonds. The molecule has 1 heterocycles. The lowest BCUT2D eigenvalue weighted by Crippen LogP contribution is -2.13. The number of halogens is 2. The van der Waals surface area contributed by atoms with E-state index in [1.54, 1.807) is 30.5 Å². The Hall–Kier alpha value is -3.02. The lowest BCUT2D eigenvalue weighted by molar-refractivity contribution is 0.102. The molecule has 0 aliphatic rings. The van der Waals surface area contributed by atoms with E-state index in [2.05, 4.69) is 15.5 Å². The molecule has 0 spiro atoms. The van der Waals surface area contributed by atoms with E-state index >= 15 is 0 Å². The molecule has 0 atom stereocenters. The average Bonchev–Trinajstić information content (AvgIpc) is 3.02. The highest BCUT2D eigenvalue weighted by atomic mass is 19.1. The van der Waals surface area contributed by atoms with E-state index in [1.165, 1.54) is 0 Å². The van der Waals surface area contributed by atoms with Crippen LogP contribution in [0.5, 0.6) is 0 Å². The highest BCUT2D eigenvalue weighted by Gasteiger charge is 2.12. The summed E-state index contributed by atoms with van der Waals surface area (Å²) in [4.78, 5) is 12.0. The molecule has 0 fully saturated rings. The van der Waals surface area contributed by atoms with Crippen molar-refractivity contribution in [2.24, 2.45) is 0 Å². The van der Waals surface area contributed by atoms with Gasteiger partial charge in [0.25, 0.3) is 5.91 Å². The molecule has 4 nitrogen and oxygen atoms in total. The lowest BCUT2D eigenvalue weighted by Gasteiger charge is -2.07. The van der Waals surface area contributed by atoms with Crippen LogP contribution in [-0.2, 0) is 0 Å². The van der Waals surface area contributed by atoms with Gasteiger partial charge in [0.2, 0.25) is 0 Å². The first-order chi connectivity index (χ1) is 10.6. The van der Waals surface area contributed by atoms with Crippen molar-refractivity contribution in [2.75, 3.05) is 5.32 Å². The number of rotatable bonds is 3. The number of aromatic amines is 1. The Morgan fingerprint density at radius 3 is 2.45 bits per heavy atom. The molecular formula is C16H11F2N3O. The smallest absolute Gasteiger partial charge is 0.258 e. The number of carbonyl (C=O) groups excluding carboxylic acids is 1. The van der Waals surface area contributed by atoms with Crippen molar-refractivity contribution in [3.63, 3.8) is 0 Å². The second-order valence-electron chi connectivity index (χ2n) is 4.63. The number of nitrogens with zero attached hydrogens (tertiary/aromatic N) is 1. The van der Waals surface area contributed by atoms with Crippen molar-refractivity contribution in [1.29, 1.82) is 0 Å². The van der Waals surface area contributed by atoms with Crippen LogP contribution in [0.2, 0.25) is 0 Å². The van der Waals surface area contributed by atoms with Crippen LogP contribution in [0.15, 0.2) is 54.7 Å². The molecule has 0 unspecified atom stereocenters. The number of hydrogen-bond donors (Lipinski definition) is 2. The number of aromatic nitrogens is 2. The Morgan fingerprint density at radius 1 is 1.05 bits per heavy atom. The Balaban J connectivity index is 1.77. The summed E-state index contributed by atoms with van der Waals surface area (Å²) in [5, 5.41) is 9.25. The third-order valence-electron chi connectivity index (χ3n) is 3.13. The first-order valence-corrected chi connectivity index (χ1v) is 6.50. The Bertz CT molecular complexity index is 799. The number of nitrogens with one attached hydrogen (secondary N) is 2. The van der Waals surface area contributed by atoms with Crippen molar-refractivity contribution < 1.29 is 13.6 Å². The topological polar surface area (TPSA) is 57.8 Å². The molecular weight excluding hydrogens is 288 g/mol. The maximum atomic E-state index is 13.5. The largest absolute Gasteiger partial charge is 0.322 e. The number of amides is 1. The number of hydrogen-bond acceptors (Lipinski definition) is 2. The van der Waals surface area contributed by atoms with E-state index in [1.807, 2.05) is 6.07 Å². The summed E-state index contributed by atoms with van der Waals surface area (Å²) >= 11 is 0. The second kappa shape index (κ2) is 5.77. The number of benzene rings is 2. The van der Waals surface area contributed by atoms with Crippen molar-refractivity contribution in [3.05, 3.63) is 71.9 Å². The number of anilines is 1. The van der Waals surface area contributed by atoms with Gasteiger partial charge < -0.3 is 5.32 Å². The summed E-state index contributed by atoms with van der Waals surface area (Å²) in [5.74, 6) is -2.25. The number of H-pyrrole nitrogens is 1. The zero-order valence-electron chi connectivity index (χ0n) is 11.3. The molecule has 0 saturated heterocycles. The predicted molar refractivity (Wildman–Crippen MR) is 78.3 cm³/mol. The first kappa shape index (κ1) is 13.9. The normalized spacial score (nSPS) is 10.5. The minimum atomic E-state index is -0.897. The van der Waals surface area contributed by atoms with Gasteiger partial charge in [-0.25, -0.2) is 8.78 Å². The van der Waals surface area contributed by atoms with Crippen LogP contribution < -0.4 is 5.32 Å². The van der Waals surface area contributed by atoms with Crippen LogP contribution in [0.3, 0.4) is 0 Å². The summed E-state index contributed by atoms with van der Waals surface area (Å²) in [5.41, 5.74) is 2.06. The van der Waals surface area contributed by atoms with Crippen molar-refractivity contribution in [2.45, 2.75) is 0 Å². The third kappa shape index (κ3) is 2.85. The standard InChI is InChI=1S/C16H11F2N3O/c17-11-3-6-13(14(18)9-11)16(22)20-12-4-1-10(2-5-12)15-7-8-19-21-15/h1-9H,(H,19,21)(H,20,22). The van der Waals surface area contributed by atoms with Gasteiger partial charge >= 0.3 is 0 Å². The molecule has 2 aromatic carbocycles. The van der Waals surface area contributed by atoms with E-state index in [-0.39, 0.29) is 5.56 Å². The Morgan fingerprint density at radius 2 is 1.82 bits per heavy atom. The summed E-state index contributed by atoms with van der Waals surface area (Å²) < 4.78 is 26.4. The van der Waals surface area contributed by atoms with Gasteiger partial charge in [0.15, 0.2) is 0 Å². The fourth-order valence-electron chi connectivity index (χ4n) is 2.02. The monoisotopic (exact) mass is 299 g/mol. The van der Waals surface area contributed by atoms with Crippen molar-refractivity contribution >= 4 is 11.6 Å². The van der Waals surface area contributed by atoms with Gasteiger partial charge in [-0.2, -0.15) is 5.10 Å². The average molecular weight is 299 g/mol. The van der Waals surface area contributed by atoms with Crippen molar-refractivity contribution in [1.82, 2.24) is 10.2 Å². The zero-order valence-corrected chi connectivity index (χ0v) is 11.3. The molecule has 22 heavy (non-hydrogen) atoms. The van der Waals surface area contributed by atoms with Gasteiger partial charge in [-0.05, 0) is 35.9 Å². The molecule has 1 aromatic heterocycles. The van der Waals surface area contributed by atoms with Crippen LogP contribution in [0.4, 0.5) is 14.5 Å². The molecule has 2 N–H and O–H groups in total. The quantitative estimate of drug-likeness (QED) is 0.776. The third-order valence-corrected chi connectivity index (χ3v) is 3.13. The number of carbonyl (C=O) groups is 1. The van der Waals surface area contributed by atoms with Crippen LogP contribution in [0.25, 0.3) is 11.3 Å². The summed E-state index contributed by atoms with van der Waals surface area (Å²) in [6.07, 6.45) is 1.64. The first-order valence-electron chi connectivity index (χ1n) is 6.50. The van der Waals surface area contributed by atoms with E-state index < -0.39 is 17.5 Å². The molecule has 0 saturated carbocycles. The van der Waals surface area contributed by atoms with Crippen LogP contribution >= 0.6 is 0 Å². The molecule has 0 bridgehead atoms. The van der Waals surface area contributed by atoms with Crippen molar-refractivity contribution in [3.8, 4) is 11.3 Å². The SMILES string of the molecule is O=C(Nc1ccc(-c2ccn[nH]2)cc1)c1ccc(F)cc1F. The lowest BCUT2D eigenvalue weighted by atomic mass is 10.1. The van der Waals surface area contributed by atoms with Gasteiger partial charge in [0.1, 0.15) is 11.6 Å². The Kier molecular flexibility index (Phi) is 3.65. The van der Waals surface area contributed by atoms with Gasteiger partial charge in [-0.15, -0.1) is 0 Å². The fraction of sp³-hybridized carbons (Fsp3) is 0. The highest BCUT2D eigenvalue weighted by Crippen LogP contribution is 2.19. The minimum absolute atomic E-state index is 0.209. The van der Waals surface area contributed by atoms with Gasteiger partial charge in [0.05, 0.1) is 11.3 Å². The van der Waals surface area contributed by atoms with E-state index in [0.29, 0.717) is 11.8 Å². The summed E-state index contributed by atoms with van der Waals surface area (Å²) in [6.45, 7) is 0. The molecule has 3 rings (SSSR count). The Labute approximate surface area is 124 Å². The maximum absolute atomic E-state index is 13.5. The zero-order chi connectivity index (χ0) is 15.5. The van der Waals surface area contributed by atoms with E-state index in [4.69, 9.17) is 0 Å². The minimum Gasteiger partial charge on any atom is -0.322 e. The predicted octanol–water partition coefficient (Wildman–Crippen LogP) is 3.61. The second-order valence-corrected chi connectivity index (χ2v) is 4.63. The highest BCUT2D eigenvalue weighted by molar-refractivity contribution is 6.04. The maximum Gasteiger partial charge on any atom is 0.258 e. The van der Waals surface area contributed by atoms with Gasteiger partial charge in [-0.1, -0.05) is 12.1 Å². The summed E-state index contributed by atoms with van der Waals surface area (Å²) in [6, 6.07) is 11.6.